The molecule has 0 atom stereocenters. The van der Waals surface area contributed by atoms with E-state index in [0.29, 0.717) is 10.8 Å². The quantitative estimate of drug-likeness (QED) is 0.724. The van der Waals surface area contributed by atoms with Gasteiger partial charge in [-0.05, 0) is 18.4 Å². The topological polar surface area (TPSA) is 17.1 Å². The van der Waals surface area contributed by atoms with Gasteiger partial charge in [0.1, 0.15) is 0 Å². The van der Waals surface area contributed by atoms with E-state index < -0.39 is 0 Å². The van der Waals surface area contributed by atoms with Crippen LogP contribution in [0.25, 0.3) is 0 Å². The Labute approximate surface area is 85.1 Å². The first-order chi connectivity index (χ1) is 5.74. The van der Waals surface area contributed by atoms with Gasteiger partial charge in [0.05, 0.1) is 9.21 Å². The summed E-state index contributed by atoms with van der Waals surface area (Å²) in [7, 11) is 0. The van der Waals surface area contributed by atoms with Gasteiger partial charge in [0, 0.05) is 12.2 Å². The van der Waals surface area contributed by atoms with Crippen molar-refractivity contribution in [2.24, 2.45) is 0 Å². The van der Waals surface area contributed by atoms with Gasteiger partial charge >= 0.3 is 0 Å². The maximum Gasteiger partial charge on any atom is 0.173 e. The van der Waals surface area contributed by atoms with Crippen LogP contribution in [0.4, 0.5) is 0 Å². The first kappa shape index (κ1) is 10.1. The Balaban J connectivity index is 2.53. The highest BCUT2D eigenvalue weighted by atomic mass is 35.5. The van der Waals surface area contributed by atoms with Crippen LogP contribution in [0, 0.1) is 0 Å². The van der Waals surface area contributed by atoms with Gasteiger partial charge in [-0.3, -0.25) is 4.79 Å². The average molecular weight is 221 g/mol. The summed E-state index contributed by atoms with van der Waals surface area (Å²) in [6.45, 7) is 0. The monoisotopic (exact) mass is 220 g/mol. The van der Waals surface area contributed by atoms with Crippen LogP contribution in [-0.4, -0.2) is 17.8 Å². The molecule has 0 N–H and O–H groups in total. The SMILES string of the molecule is CSCCC(=O)c1ccc(Cl)s1. The summed E-state index contributed by atoms with van der Waals surface area (Å²) in [4.78, 5) is 12.1. The smallest absolute Gasteiger partial charge is 0.173 e. The molecule has 0 aromatic carbocycles. The largest absolute Gasteiger partial charge is 0.293 e. The minimum absolute atomic E-state index is 0.196. The molecule has 0 spiro atoms. The highest BCUT2D eigenvalue weighted by Crippen LogP contribution is 2.22. The lowest BCUT2D eigenvalue weighted by Crippen LogP contribution is -1.96. The summed E-state index contributed by atoms with van der Waals surface area (Å²) < 4.78 is 0.683. The molecule has 1 aromatic heterocycles. The van der Waals surface area contributed by atoms with Crippen LogP contribution in [0.2, 0.25) is 4.34 Å². The van der Waals surface area contributed by atoms with E-state index in [1.807, 2.05) is 6.26 Å². The third-order valence-electron chi connectivity index (χ3n) is 1.38. The zero-order valence-electron chi connectivity index (χ0n) is 6.67. The van der Waals surface area contributed by atoms with Crippen LogP contribution in [0.1, 0.15) is 16.1 Å². The fourth-order valence-corrected chi connectivity index (χ4v) is 2.18. The van der Waals surface area contributed by atoms with E-state index in [0.717, 1.165) is 10.6 Å². The first-order valence-corrected chi connectivity index (χ1v) is 6.10. The summed E-state index contributed by atoms with van der Waals surface area (Å²) in [5.74, 6) is 1.08. The number of halogens is 1. The average Bonchev–Trinajstić information content (AvgIpc) is 2.47. The Kier molecular flexibility index (Phi) is 4.12. The molecule has 1 aromatic rings. The number of Topliss-reactive ketones (excluding diaryl/α,β-unsaturated/α-hetero) is 1. The number of carbonyl (C=O) groups excluding carboxylic acids is 1. The normalized spacial score (nSPS) is 10.2. The Morgan fingerprint density at radius 2 is 2.42 bits per heavy atom. The molecule has 0 aliphatic carbocycles. The second kappa shape index (κ2) is 4.90. The third-order valence-corrected chi connectivity index (χ3v) is 3.27. The number of hydrogen-bond donors (Lipinski definition) is 0. The van der Waals surface area contributed by atoms with Crippen molar-refractivity contribution in [3.63, 3.8) is 0 Å². The number of carbonyl (C=O) groups is 1. The van der Waals surface area contributed by atoms with E-state index in [4.69, 9.17) is 11.6 Å². The van der Waals surface area contributed by atoms with Gasteiger partial charge in [0.2, 0.25) is 0 Å². The Morgan fingerprint density at radius 1 is 1.67 bits per heavy atom. The second-order valence-corrected chi connectivity index (χ2v) is 4.97. The van der Waals surface area contributed by atoms with Crippen molar-refractivity contribution < 1.29 is 4.79 Å². The van der Waals surface area contributed by atoms with E-state index >= 15 is 0 Å². The molecule has 0 aliphatic heterocycles. The predicted octanol–water partition coefficient (Wildman–Crippen LogP) is 3.34. The van der Waals surface area contributed by atoms with Gasteiger partial charge < -0.3 is 0 Å². The maximum absolute atomic E-state index is 11.4. The summed E-state index contributed by atoms with van der Waals surface area (Å²) >= 11 is 8.73. The Hall–Kier alpha value is 0.01000. The molecule has 0 unspecified atom stereocenters. The standard InChI is InChI=1S/C8H9ClOS2/c1-11-5-4-6(10)7-2-3-8(9)12-7/h2-3H,4-5H2,1H3. The molecular formula is C8H9ClOS2. The zero-order valence-corrected chi connectivity index (χ0v) is 9.06. The number of rotatable bonds is 4. The molecule has 0 aliphatic rings. The lowest BCUT2D eigenvalue weighted by molar-refractivity contribution is 0.0993. The molecule has 1 nitrogen and oxygen atoms in total. The highest BCUT2D eigenvalue weighted by molar-refractivity contribution is 7.98. The molecule has 0 amide bonds. The molecule has 0 fully saturated rings. The van der Waals surface area contributed by atoms with Crippen LogP contribution < -0.4 is 0 Å². The molecule has 0 bridgehead atoms. The molecule has 4 heteroatoms. The van der Waals surface area contributed by atoms with Crippen LogP contribution >= 0.6 is 34.7 Å². The minimum Gasteiger partial charge on any atom is -0.293 e. The van der Waals surface area contributed by atoms with Gasteiger partial charge in [-0.15, -0.1) is 11.3 Å². The molecule has 0 saturated carbocycles. The lowest BCUT2D eigenvalue weighted by atomic mass is 10.3. The Morgan fingerprint density at radius 3 is 2.92 bits per heavy atom. The Bertz CT molecular complexity index is 270. The van der Waals surface area contributed by atoms with E-state index in [9.17, 15) is 4.79 Å². The van der Waals surface area contributed by atoms with Gasteiger partial charge in [-0.1, -0.05) is 11.6 Å². The van der Waals surface area contributed by atoms with E-state index in [-0.39, 0.29) is 5.78 Å². The van der Waals surface area contributed by atoms with Gasteiger partial charge in [0.25, 0.3) is 0 Å². The fourth-order valence-electron chi connectivity index (χ4n) is 0.782. The van der Waals surface area contributed by atoms with E-state index in [1.165, 1.54) is 11.3 Å². The third kappa shape index (κ3) is 2.81. The van der Waals surface area contributed by atoms with Crippen molar-refractivity contribution in [3.05, 3.63) is 21.3 Å². The summed E-state index contributed by atoms with van der Waals surface area (Å²) in [5.41, 5.74) is 0. The van der Waals surface area contributed by atoms with Gasteiger partial charge in [-0.25, -0.2) is 0 Å². The molecular weight excluding hydrogens is 212 g/mol. The summed E-state index contributed by atoms with van der Waals surface area (Å²) in [6.07, 6.45) is 2.60. The fraction of sp³-hybridized carbons (Fsp3) is 0.375. The number of thiophene rings is 1. The van der Waals surface area contributed by atoms with Crippen molar-refractivity contribution in [2.75, 3.05) is 12.0 Å². The molecule has 1 heterocycles. The van der Waals surface area contributed by atoms with Crippen LogP contribution in [-0.2, 0) is 0 Å². The first-order valence-electron chi connectivity index (χ1n) is 3.51. The molecule has 1 rings (SSSR count). The van der Waals surface area contributed by atoms with Crippen molar-refractivity contribution >= 4 is 40.5 Å². The minimum atomic E-state index is 0.196. The summed E-state index contributed by atoms with van der Waals surface area (Å²) in [6, 6.07) is 3.55. The van der Waals surface area contributed by atoms with Gasteiger partial charge in [-0.2, -0.15) is 11.8 Å². The number of ketones is 1. The van der Waals surface area contributed by atoms with Crippen LogP contribution in [0.15, 0.2) is 12.1 Å². The van der Waals surface area contributed by atoms with Crippen molar-refractivity contribution in [1.29, 1.82) is 0 Å². The van der Waals surface area contributed by atoms with Crippen molar-refractivity contribution in [1.82, 2.24) is 0 Å². The van der Waals surface area contributed by atoms with Crippen LogP contribution in [0.3, 0.4) is 0 Å². The number of thioether (sulfide) groups is 1. The molecule has 66 valence electrons. The molecule has 12 heavy (non-hydrogen) atoms. The van der Waals surface area contributed by atoms with Crippen LogP contribution in [0.5, 0.6) is 0 Å². The highest BCUT2D eigenvalue weighted by Gasteiger charge is 2.07. The van der Waals surface area contributed by atoms with Crippen molar-refractivity contribution in [2.45, 2.75) is 6.42 Å². The maximum atomic E-state index is 11.4. The van der Waals surface area contributed by atoms with Crippen molar-refractivity contribution in [3.8, 4) is 0 Å². The van der Waals surface area contributed by atoms with E-state index in [1.54, 1.807) is 23.9 Å². The van der Waals surface area contributed by atoms with E-state index in [2.05, 4.69) is 0 Å². The molecule has 0 radical (unpaired) electrons. The molecule has 0 saturated heterocycles. The second-order valence-electron chi connectivity index (χ2n) is 2.27. The summed E-state index contributed by atoms with van der Waals surface area (Å²) in [5, 5.41) is 0. The predicted molar refractivity (Wildman–Crippen MR) is 56.7 cm³/mol. The number of hydrogen-bond acceptors (Lipinski definition) is 3. The zero-order chi connectivity index (χ0) is 8.97. The lowest BCUT2D eigenvalue weighted by Gasteiger charge is -1.93. The van der Waals surface area contributed by atoms with Gasteiger partial charge in [0.15, 0.2) is 5.78 Å².